The molecule has 3 N–H and O–H groups in total. The summed E-state index contributed by atoms with van der Waals surface area (Å²) in [6.45, 7) is 0.525. The zero-order valence-corrected chi connectivity index (χ0v) is 10.4. The summed E-state index contributed by atoms with van der Waals surface area (Å²) < 4.78 is 11.2. The molecule has 17 heavy (non-hydrogen) atoms. The predicted octanol–water partition coefficient (Wildman–Crippen LogP) is 1.10. The van der Waals surface area contributed by atoms with Gasteiger partial charge in [0.25, 0.3) is 0 Å². The zero-order chi connectivity index (χ0) is 12.3. The molecule has 0 saturated carbocycles. The molecule has 0 unspecified atom stereocenters. The molecular weight excluding hydrogens is 238 g/mol. The molecule has 1 fully saturated rings. The minimum Gasteiger partial charge on any atom is -0.504 e. The molecule has 4 nitrogen and oxygen atoms in total. The normalized spacial score (nSPS) is 24.7. The summed E-state index contributed by atoms with van der Waals surface area (Å²) in [5.41, 5.74) is 0.691. The van der Waals surface area contributed by atoms with E-state index in [1.54, 1.807) is 12.1 Å². The fourth-order valence-electron chi connectivity index (χ4n) is 1.97. The average molecular weight is 255 g/mol. The summed E-state index contributed by atoms with van der Waals surface area (Å²) in [7, 11) is -0.646. The first-order valence-corrected chi connectivity index (χ1v) is 7.24. The van der Waals surface area contributed by atoms with Crippen LogP contribution in [0.3, 0.4) is 0 Å². The van der Waals surface area contributed by atoms with Crippen molar-refractivity contribution in [1.82, 2.24) is 5.32 Å². The van der Waals surface area contributed by atoms with Crippen LogP contribution in [0.1, 0.15) is 18.4 Å². The van der Waals surface area contributed by atoms with Gasteiger partial charge in [-0.3, -0.25) is 4.21 Å². The summed E-state index contributed by atoms with van der Waals surface area (Å²) in [4.78, 5) is 0. The lowest BCUT2D eigenvalue weighted by molar-refractivity contribution is 0.394. The maximum Gasteiger partial charge on any atom is 0.161 e. The van der Waals surface area contributed by atoms with Crippen LogP contribution in [-0.2, 0) is 17.3 Å². The van der Waals surface area contributed by atoms with E-state index in [-0.39, 0.29) is 11.5 Å². The van der Waals surface area contributed by atoms with Gasteiger partial charge >= 0.3 is 0 Å². The molecule has 1 aliphatic heterocycles. The van der Waals surface area contributed by atoms with Gasteiger partial charge in [-0.25, -0.2) is 0 Å². The SMILES string of the molecule is O=S1CCC(NCc2cccc(O)c2O)CC1. The largest absolute Gasteiger partial charge is 0.504 e. The van der Waals surface area contributed by atoms with E-state index in [1.807, 2.05) is 0 Å². The van der Waals surface area contributed by atoms with Gasteiger partial charge in [0.05, 0.1) is 0 Å². The number of benzene rings is 1. The lowest BCUT2D eigenvalue weighted by atomic mass is 10.1. The van der Waals surface area contributed by atoms with E-state index in [2.05, 4.69) is 5.32 Å². The molecule has 1 aromatic rings. The molecule has 0 bridgehead atoms. The molecule has 0 aliphatic carbocycles. The summed E-state index contributed by atoms with van der Waals surface area (Å²) >= 11 is 0. The Kier molecular flexibility index (Phi) is 4.02. The zero-order valence-electron chi connectivity index (χ0n) is 9.56. The van der Waals surface area contributed by atoms with Gasteiger partial charge in [-0.1, -0.05) is 12.1 Å². The number of hydrogen-bond donors (Lipinski definition) is 3. The van der Waals surface area contributed by atoms with E-state index in [0.29, 0.717) is 18.2 Å². The molecule has 0 aromatic heterocycles. The Bertz CT molecular complexity index is 412. The number of aromatic hydroxyl groups is 2. The third kappa shape index (κ3) is 3.20. The Morgan fingerprint density at radius 2 is 2.00 bits per heavy atom. The topological polar surface area (TPSA) is 69.6 Å². The van der Waals surface area contributed by atoms with E-state index >= 15 is 0 Å². The van der Waals surface area contributed by atoms with Crippen molar-refractivity contribution in [2.24, 2.45) is 0 Å². The minimum atomic E-state index is -0.646. The Balaban J connectivity index is 1.89. The van der Waals surface area contributed by atoms with E-state index in [1.165, 1.54) is 6.07 Å². The summed E-state index contributed by atoms with van der Waals surface area (Å²) in [5, 5.41) is 22.3. The number of phenolic OH excluding ortho intramolecular Hbond substituents is 2. The van der Waals surface area contributed by atoms with Crippen LogP contribution in [0.25, 0.3) is 0 Å². The van der Waals surface area contributed by atoms with Crippen molar-refractivity contribution in [3.8, 4) is 11.5 Å². The summed E-state index contributed by atoms with van der Waals surface area (Å²) in [5.74, 6) is 1.36. The number of para-hydroxylation sites is 1. The number of hydrogen-bond acceptors (Lipinski definition) is 4. The van der Waals surface area contributed by atoms with Crippen molar-refractivity contribution in [1.29, 1.82) is 0 Å². The maximum absolute atomic E-state index is 11.2. The Morgan fingerprint density at radius 1 is 1.29 bits per heavy atom. The first-order valence-electron chi connectivity index (χ1n) is 5.75. The van der Waals surface area contributed by atoms with Crippen LogP contribution in [0.4, 0.5) is 0 Å². The van der Waals surface area contributed by atoms with E-state index < -0.39 is 10.8 Å². The fourth-order valence-corrected chi connectivity index (χ4v) is 3.27. The highest BCUT2D eigenvalue weighted by Gasteiger charge is 2.17. The van der Waals surface area contributed by atoms with Crippen molar-refractivity contribution in [2.45, 2.75) is 25.4 Å². The van der Waals surface area contributed by atoms with Gasteiger partial charge in [-0.2, -0.15) is 0 Å². The maximum atomic E-state index is 11.2. The van der Waals surface area contributed by atoms with Gasteiger partial charge in [0, 0.05) is 40.5 Å². The molecule has 0 atom stereocenters. The highest BCUT2D eigenvalue weighted by atomic mass is 32.2. The van der Waals surface area contributed by atoms with Crippen molar-refractivity contribution in [2.75, 3.05) is 11.5 Å². The van der Waals surface area contributed by atoms with Crippen LogP contribution in [0.2, 0.25) is 0 Å². The summed E-state index contributed by atoms with van der Waals surface area (Å²) in [6, 6.07) is 5.31. The van der Waals surface area contributed by atoms with E-state index in [0.717, 1.165) is 24.3 Å². The molecule has 5 heteroatoms. The molecule has 0 spiro atoms. The minimum absolute atomic E-state index is 0.0561. The van der Waals surface area contributed by atoms with Crippen LogP contribution >= 0.6 is 0 Å². The van der Waals surface area contributed by atoms with Crippen LogP contribution in [-0.4, -0.2) is 32.0 Å². The highest BCUT2D eigenvalue weighted by Crippen LogP contribution is 2.28. The van der Waals surface area contributed by atoms with Gasteiger partial charge in [-0.05, 0) is 18.9 Å². The molecule has 2 rings (SSSR count). The quantitative estimate of drug-likeness (QED) is 0.707. The lowest BCUT2D eigenvalue weighted by Crippen LogP contribution is -2.35. The van der Waals surface area contributed by atoms with Crippen LogP contribution < -0.4 is 5.32 Å². The molecule has 1 saturated heterocycles. The van der Waals surface area contributed by atoms with Gasteiger partial charge in [0.15, 0.2) is 11.5 Å². The molecule has 1 aromatic carbocycles. The van der Waals surface area contributed by atoms with Crippen molar-refractivity contribution < 1.29 is 14.4 Å². The Labute approximate surface area is 103 Å². The monoisotopic (exact) mass is 255 g/mol. The second-order valence-electron chi connectivity index (χ2n) is 4.29. The second kappa shape index (κ2) is 5.51. The smallest absolute Gasteiger partial charge is 0.161 e. The molecule has 0 radical (unpaired) electrons. The number of rotatable bonds is 3. The third-order valence-electron chi connectivity index (χ3n) is 3.07. The molecule has 1 heterocycles. The molecule has 94 valence electrons. The average Bonchev–Trinajstić information content (AvgIpc) is 2.33. The van der Waals surface area contributed by atoms with Gasteiger partial charge < -0.3 is 15.5 Å². The molecule has 0 amide bonds. The van der Waals surface area contributed by atoms with E-state index in [4.69, 9.17) is 0 Å². The predicted molar refractivity (Wildman–Crippen MR) is 67.5 cm³/mol. The molecule has 1 aliphatic rings. The fraction of sp³-hybridized carbons (Fsp3) is 0.500. The van der Waals surface area contributed by atoms with Gasteiger partial charge in [0.1, 0.15) is 0 Å². The molecular formula is C12H17NO3S. The third-order valence-corrected chi connectivity index (χ3v) is 4.45. The van der Waals surface area contributed by atoms with Crippen LogP contribution in [0, 0.1) is 0 Å². The first kappa shape index (κ1) is 12.4. The number of phenols is 2. The Morgan fingerprint density at radius 3 is 2.71 bits per heavy atom. The standard InChI is InChI=1S/C12H17NO3S/c14-11-3-1-2-9(12(11)15)8-13-10-4-6-17(16)7-5-10/h1-3,10,13-15H,4-8H2. The van der Waals surface area contributed by atoms with Crippen molar-refractivity contribution in [3.05, 3.63) is 23.8 Å². The van der Waals surface area contributed by atoms with Crippen LogP contribution in [0.15, 0.2) is 18.2 Å². The van der Waals surface area contributed by atoms with Crippen LogP contribution in [0.5, 0.6) is 11.5 Å². The number of nitrogens with one attached hydrogen (secondary N) is 1. The van der Waals surface area contributed by atoms with E-state index in [9.17, 15) is 14.4 Å². The summed E-state index contributed by atoms with van der Waals surface area (Å²) in [6.07, 6.45) is 1.82. The second-order valence-corrected chi connectivity index (χ2v) is 5.98. The van der Waals surface area contributed by atoms with Gasteiger partial charge in [0.2, 0.25) is 0 Å². The lowest BCUT2D eigenvalue weighted by Gasteiger charge is -2.22. The van der Waals surface area contributed by atoms with Crippen molar-refractivity contribution >= 4 is 10.8 Å². The Hall–Kier alpha value is -1.07. The van der Waals surface area contributed by atoms with Crippen molar-refractivity contribution in [3.63, 3.8) is 0 Å². The van der Waals surface area contributed by atoms with Gasteiger partial charge in [-0.15, -0.1) is 0 Å². The first-order chi connectivity index (χ1) is 8.16. The highest BCUT2D eigenvalue weighted by molar-refractivity contribution is 7.85.